The molecule has 29 heavy (non-hydrogen) atoms. The van der Waals surface area contributed by atoms with Gasteiger partial charge in [-0.2, -0.15) is 0 Å². The lowest BCUT2D eigenvalue weighted by molar-refractivity contribution is -0.141. The number of Topliss-reactive ketones (excluding diaryl/α,β-unsaturated/α-hetero) is 1. The van der Waals surface area contributed by atoms with Gasteiger partial charge in [-0.1, -0.05) is 43.1 Å². The summed E-state index contributed by atoms with van der Waals surface area (Å²) < 4.78 is 6.95. The fraction of sp³-hybridized carbons (Fsp3) is 0.368. The monoisotopic (exact) mass is 441 g/mol. The lowest BCUT2D eigenvalue weighted by Crippen LogP contribution is -2.43. The molecule has 0 spiro atoms. The molecule has 1 aromatic carbocycles. The summed E-state index contributed by atoms with van der Waals surface area (Å²) in [4.78, 5) is 49.2. The molecule has 0 amide bonds. The minimum Gasteiger partial charge on any atom is -0.457 e. The number of benzene rings is 1. The van der Waals surface area contributed by atoms with Crippen molar-refractivity contribution in [2.24, 2.45) is 13.0 Å². The number of esters is 1. The summed E-state index contributed by atoms with van der Waals surface area (Å²) in [6, 6.07) is 4.66. The molecule has 0 radical (unpaired) electrons. The predicted octanol–water partition coefficient (Wildman–Crippen LogP) is 2.06. The molecule has 0 aliphatic heterocycles. The van der Waals surface area contributed by atoms with E-state index in [4.69, 9.17) is 33.7 Å². The van der Waals surface area contributed by atoms with Crippen LogP contribution in [0.15, 0.2) is 27.8 Å². The van der Waals surface area contributed by atoms with E-state index >= 15 is 0 Å². The summed E-state index contributed by atoms with van der Waals surface area (Å²) in [6.07, 6.45) is -0.134. The lowest BCUT2D eigenvalue weighted by atomic mass is 10.1. The first-order valence-corrected chi connectivity index (χ1v) is 9.50. The molecule has 0 fully saturated rings. The Balaban J connectivity index is 2.19. The second kappa shape index (κ2) is 9.28. The van der Waals surface area contributed by atoms with Crippen molar-refractivity contribution < 1.29 is 14.3 Å². The molecule has 0 atom stereocenters. The molecule has 1 heterocycles. The molecule has 2 aromatic rings. The van der Waals surface area contributed by atoms with Crippen LogP contribution in [0.5, 0.6) is 0 Å². The van der Waals surface area contributed by atoms with Gasteiger partial charge in [0.05, 0.1) is 16.5 Å². The first-order valence-electron chi connectivity index (χ1n) is 8.75. The number of nitrogens with zero attached hydrogens (tertiary/aromatic N) is 2. The highest BCUT2D eigenvalue weighted by Gasteiger charge is 2.23. The number of carbonyl (C=O) groups excluding carboxylic acids is 2. The minimum absolute atomic E-state index is 0.0551. The van der Waals surface area contributed by atoms with Gasteiger partial charge >= 0.3 is 11.7 Å². The van der Waals surface area contributed by atoms with Crippen molar-refractivity contribution in [3.63, 3.8) is 0 Å². The van der Waals surface area contributed by atoms with Crippen molar-refractivity contribution >= 4 is 40.8 Å². The molecular weight excluding hydrogens is 421 g/mol. The molecule has 0 saturated carbocycles. The van der Waals surface area contributed by atoms with Gasteiger partial charge in [0.15, 0.2) is 6.61 Å². The number of nitrogen functional groups attached to an aromatic ring is 1. The van der Waals surface area contributed by atoms with Gasteiger partial charge in [0.2, 0.25) is 5.78 Å². The Morgan fingerprint density at radius 3 is 2.41 bits per heavy atom. The summed E-state index contributed by atoms with van der Waals surface area (Å²) in [5, 5.41) is 0.638. The fourth-order valence-corrected chi connectivity index (χ4v) is 2.99. The van der Waals surface area contributed by atoms with Crippen molar-refractivity contribution in [2.75, 3.05) is 12.3 Å². The molecule has 1 aromatic heterocycles. The van der Waals surface area contributed by atoms with E-state index in [1.807, 2.05) is 13.8 Å². The van der Waals surface area contributed by atoms with Gasteiger partial charge in [0, 0.05) is 13.6 Å². The van der Waals surface area contributed by atoms with Gasteiger partial charge in [-0.05, 0) is 23.6 Å². The molecule has 10 heteroatoms. The largest absolute Gasteiger partial charge is 0.457 e. The topological polar surface area (TPSA) is 113 Å². The second-order valence-electron chi connectivity index (χ2n) is 6.92. The summed E-state index contributed by atoms with van der Waals surface area (Å²) in [5.41, 5.74) is 4.65. The van der Waals surface area contributed by atoms with Crippen LogP contribution in [0.4, 0.5) is 5.82 Å². The molecule has 2 rings (SSSR count). The summed E-state index contributed by atoms with van der Waals surface area (Å²) >= 11 is 11.7. The first kappa shape index (κ1) is 22.7. The van der Waals surface area contributed by atoms with Gasteiger partial charge in [-0.15, -0.1) is 0 Å². The zero-order valence-electron chi connectivity index (χ0n) is 16.2. The van der Waals surface area contributed by atoms with Crippen molar-refractivity contribution in [3.05, 3.63) is 60.2 Å². The standard InChI is InChI=1S/C19H21Cl2N3O5/c1-10(2)8-24-17(22)16(18(27)23(3)19(24)28)14(25)9-29-15(26)7-11-4-5-12(20)13(21)6-11/h4-6,10H,7-9,22H2,1-3H3. The SMILES string of the molecule is CC(C)Cn1c(N)c(C(=O)COC(=O)Cc2ccc(Cl)c(Cl)c2)c(=O)n(C)c1=O. The zero-order valence-corrected chi connectivity index (χ0v) is 17.7. The molecule has 2 N–H and O–H groups in total. The van der Waals surface area contributed by atoms with Crippen LogP contribution in [0, 0.1) is 5.92 Å². The van der Waals surface area contributed by atoms with E-state index in [9.17, 15) is 19.2 Å². The van der Waals surface area contributed by atoms with Gasteiger partial charge in [-0.3, -0.25) is 23.5 Å². The minimum atomic E-state index is -0.835. The molecule has 0 aliphatic rings. The number of aromatic nitrogens is 2. The van der Waals surface area contributed by atoms with Crippen LogP contribution in [0.3, 0.4) is 0 Å². The number of nitrogens with two attached hydrogens (primary N) is 1. The van der Waals surface area contributed by atoms with Gasteiger partial charge in [-0.25, -0.2) is 4.79 Å². The van der Waals surface area contributed by atoms with Crippen LogP contribution < -0.4 is 17.0 Å². The summed E-state index contributed by atoms with van der Waals surface area (Å²) in [5.74, 6) is -1.66. The van der Waals surface area contributed by atoms with E-state index < -0.39 is 29.6 Å². The molecule has 0 bridgehead atoms. The molecule has 8 nitrogen and oxygen atoms in total. The Morgan fingerprint density at radius 1 is 1.17 bits per heavy atom. The van der Waals surface area contributed by atoms with Crippen molar-refractivity contribution in [1.29, 1.82) is 0 Å². The molecule has 0 aliphatic carbocycles. The lowest BCUT2D eigenvalue weighted by Gasteiger charge is -2.16. The molecule has 156 valence electrons. The van der Waals surface area contributed by atoms with Gasteiger partial charge in [0.1, 0.15) is 11.4 Å². The highest BCUT2D eigenvalue weighted by molar-refractivity contribution is 6.42. The maximum absolute atomic E-state index is 12.5. The van der Waals surface area contributed by atoms with Crippen molar-refractivity contribution in [2.45, 2.75) is 26.8 Å². The van der Waals surface area contributed by atoms with Crippen molar-refractivity contribution in [3.8, 4) is 0 Å². The Hall–Kier alpha value is -2.58. The zero-order chi connectivity index (χ0) is 21.9. The smallest absolute Gasteiger partial charge is 0.332 e. The third kappa shape index (κ3) is 5.27. The van der Waals surface area contributed by atoms with Crippen molar-refractivity contribution in [1.82, 2.24) is 9.13 Å². The summed E-state index contributed by atoms with van der Waals surface area (Å²) in [7, 11) is 1.26. The number of carbonyl (C=O) groups is 2. The average Bonchev–Trinajstić information content (AvgIpc) is 2.65. The van der Waals surface area contributed by atoms with Gasteiger partial charge < -0.3 is 10.5 Å². The highest BCUT2D eigenvalue weighted by Crippen LogP contribution is 2.22. The number of rotatable bonds is 7. The Bertz CT molecular complexity index is 1070. The third-order valence-electron chi connectivity index (χ3n) is 4.11. The van der Waals surface area contributed by atoms with E-state index in [0.717, 1.165) is 9.13 Å². The average molecular weight is 442 g/mol. The maximum Gasteiger partial charge on any atom is 0.332 e. The number of hydrogen-bond donors (Lipinski definition) is 1. The highest BCUT2D eigenvalue weighted by atomic mass is 35.5. The van der Waals surface area contributed by atoms with E-state index in [2.05, 4.69) is 0 Å². The van der Waals surface area contributed by atoms with E-state index in [-0.39, 0.29) is 35.3 Å². The number of hydrogen-bond acceptors (Lipinski definition) is 6. The fourth-order valence-electron chi connectivity index (χ4n) is 2.67. The van der Waals surface area contributed by atoms with Crippen LogP contribution in [0.2, 0.25) is 10.0 Å². The normalized spacial score (nSPS) is 11.0. The maximum atomic E-state index is 12.5. The van der Waals surface area contributed by atoms with Crippen LogP contribution in [-0.4, -0.2) is 27.5 Å². The number of halogens is 2. The van der Waals surface area contributed by atoms with Crippen LogP contribution in [0.1, 0.15) is 29.8 Å². The predicted molar refractivity (Wildman–Crippen MR) is 111 cm³/mol. The van der Waals surface area contributed by atoms with E-state index in [0.29, 0.717) is 10.6 Å². The van der Waals surface area contributed by atoms with Crippen LogP contribution in [0.25, 0.3) is 0 Å². The van der Waals surface area contributed by atoms with E-state index in [1.54, 1.807) is 12.1 Å². The van der Waals surface area contributed by atoms with Gasteiger partial charge in [0.25, 0.3) is 5.56 Å². The first-order chi connectivity index (χ1) is 13.5. The quantitative estimate of drug-likeness (QED) is 0.519. The second-order valence-corrected chi connectivity index (χ2v) is 7.73. The number of ether oxygens (including phenoxy) is 1. The molecular formula is C19H21Cl2N3O5. The molecule has 0 unspecified atom stereocenters. The van der Waals surface area contributed by atoms with E-state index in [1.165, 1.54) is 13.1 Å². The Labute approximate surface area is 176 Å². The summed E-state index contributed by atoms with van der Waals surface area (Å²) in [6.45, 7) is 3.28. The Morgan fingerprint density at radius 2 is 1.83 bits per heavy atom. The van der Waals surface area contributed by atoms with Crippen LogP contribution >= 0.6 is 23.2 Å². The van der Waals surface area contributed by atoms with Crippen LogP contribution in [-0.2, 0) is 29.5 Å². The number of ketones is 1. The Kier molecular flexibility index (Phi) is 7.26. The molecule has 0 saturated heterocycles. The number of anilines is 1. The third-order valence-corrected chi connectivity index (χ3v) is 4.85.